The molecule has 120 valence electrons. The summed E-state index contributed by atoms with van der Waals surface area (Å²) in [5.74, 6) is 0.112. The fourth-order valence-electron chi connectivity index (χ4n) is 2.98. The summed E-state index contributed by atoms with van der Waals surface area (Å²) in [5.41, 5.74) is 4.19. The minimum atomic E-state index is 0.112. The van der Waals surface area contributed by atoms with Crippen molar-refractivity contribution in [1.29, 1.82) is 0 Å². The van der Waals surface area contributed by atoms with Gasteiger partial charge in [-0.1, -0.05) is 46.3 Å². The predicted octanol–water partition coefficient (Wildman–Crippen LogP) is 4.70. The molecule has 0 spiro atoms. The minimum absolute atomic E-state index is 0.112. The molecule has 1 aliphatic heterocycles. The number of carbonyl (C=O) groups is 1. The van der Waals surface area contributed by atoms with Gasteiger partial charge in [0.15, 0.2) is 0 Å². The monoisotopic (exact) mass is 398 g/mol. The van der Waals surface area contributed by atoms with Crippen LogP contribution in [0.2, 0.25) is 0 Å². The zero-order valence-corrected chi connectivity index (χ0v) is 15.3. The smallest absolute Gasteiger partial charge is 0.233 e. The molecule has 3 nitrogen and oxygen atoms in total. The van der Waals surface area contributed by atoms with Gasteiger partial charge in [0.25, 0.3) is 0 Å². The maximum Gasteiger partial charge on any atom is 0.233 e. The molecule has 1 amide bonds. The van der Waals surface area contributed by atoms with Crippen LogP contribution in [0.5, 0.6) is 0 Å². The van der Waals surface area contributed by atoms with Crippen molar-refractivity contribution >= 4 is 38.9 Å². The van der Waals surface area contributed by atoms with E-state index in [1.54, 1.807) is 11.3 Å². The van der Waals surface area contributed by atoms with E-state index >= 15 is 0 Å². The lowest BCUT2D eigenvalue weighted by Crippen LogP contribution is -2.30. The van der Waals surface area contributed by atoms with Gasteiger partial charge < -0.3 is 4.90 Å². The Balaban J connectivity index is 1.51. The second-order valence-electron chi connectivity index (χ2n) is 5.76. The molecule has 5 heteroatoms. The minimum Gasteiger partial charge on any atom is -0.311 e. The molecule has 24 heavy (non-hydrogen) atoms. The second-order valence-corrected chi connectivity index (χ2v) is 7.53. The Morgan fingerprint density at radius 3 is 2.88 bits per heavy atom. The topological polar surface area (TPSA) is 33.2 Å². The molecule has 0 fully saturated rings. The van der Waals surface area contributed by atoms with Crippen LogP contribution in [0.3, 0.4) is 0 Å². The number of thiazole rings is 1. The standard InChI is InChI=1S/C19H15BrN2OS/c20-15-6-7-17-14(10-15)8-9-22(17)18(23)11-16-12-24-19(21-16)13-4-2-1-3-5-13/h1-7,10,12H,8-9,11H2. The molecule has 0 saturated heterocycles. The Labute approximate surface area is 153 Å². The molecule has 0 unspecified atom stereocenters. The van der Waals surface area contributed by atoms with Gasteiger partial charge in [-0.2, -0.15) is 0 Å². The average Bonchev–Trinajstić information content (AvgIpc) is 3.22. The number of carbonyl (C=O) groups excluding carboxylic acids is 1. The van der Waals surface area contributed by atoms with Crippen LogP contribution < -0.4 is 4.90 Å². The van der Waals surface area contributed by atoms with Gasteiger partial charge in [-0.05, 0) is 30.2 Å². The molecular formula is C19H15BrN2OS. The quantitative estimate of drug-likeness (QED) is 0.640. The third kappa shape index (κ3) is 3.01. The van der Waals surface area contributed by atoms with Gasteiger partial charge in [0, 0.05) is 27.6 Å². The summed E-state index contributed by atoms with van der Waals surface area (Å²) in [5, 5.41) is 2.95. The first-order valence-corrected chi connectivity index (χ1v) is 9.46. The Morgan fingerprint density at radius 1 is 1.21 bits per heavy atom. The molecule has 2 heterocycles. The number of benzene rings is 2. The van der Waals surface area contributed by atoms with E-state index in [1.165, 1.54) is 5.56 Å². The van der Waals surface area contributed by atoms with Crippen LogP contribution in [-0.4, -0.2) is 17.4 Å². The normalized spacial score (nSPS) is 13.1. The lowest BCUT2D eigenvalue weighted by molar-refractivity contribution is -0.117. The van der Waals surface area contributed by atoms with Gasteiger partial charge in [-0.3, -0.25) is 4.79 Å². The number of amides is 1. The summed E-state index contributed by atoms with van der Waals surface area (Å²) in [7, 11) is 0. The van der Waals surface area contributed by atoms with E-state index in [9.17, 15) is 4.79 Å². The van der Waals surface area contributed by atoms with Gasteiger partial charge in [-0.15, -0.1) is 11.3 Å². The number of halogens is 1. The van der Waals surface area contributed by atoms with Crippen LogP contribution in [0.4, 0.5) is 5.69 Å². The zero-order chi connectivity index (χ0) is 16.5. The SMILES string of the molecule is O=C(Cc1csc(-c2ccccc2)n1)N1CCc2cc(Br)ccc21. The number of aromatic nitrogens is 1. The van der Waals surface area contributed by atoms with Crippen LogP contribution in [0.1, 0.15) is 11.3 Å². The molecule has 0 N–H and O–H groups in total. The second kappa shape index (κ2) is 6.49. The van der Waals surface area contributed by atoms with Crippen molar-refractivity contribution in [2.45, 2.75) is 12.8 Å². The van der Waals surface area contributed by atoms with Gasteiger partial charge in [-0.25, -0.2) is 4.98 Å². The highest BCUT2D eigenvalue weighted by atomic mass is 79.9. The van der Waals surface area contributed by atoms with Crippen molar-refractivity contribution in [2.75, 3.05) is 11.4 Å². The molecule has 3 aromatic rings. The third-order valence-electron chi connectivity index (χ3n) is 4.14. The molecule has 0 atom stereocenters. The fraction of sp³-hybridized carbons (Fsp3) is 0.158. The van der Waals surface area contributed by atoms with Crippen molar-refractivity contribution in [1.82, 2.24) is 4.98 Å². The van der Waals surface area contributed by atoms with Crippen LogP contribution >= 0.6 is 27.3 Å². The van der Waals surface area contributed by atoms with Crippen LogP contribution in [0.15, 0.2) is 58.4 Å². The maximum absolute atomic E-state index is 12.7. The number of hydrogen-bond donors (Lipinski definition) is 0. The Morgan fingerprint density at radius 2 is 2.04 bits per heavy atom. The predicted molar refractivity (Wildman–Crippen MR) is 101 cm³/mol. The van der Waals surface area contributed by atoms with E-state index in [0.717, 1.165) is 39.4 Å². The summed E-state index contributed by atoms with van der Waals surface area (Å²) < 4.78 is 1.06. The maximum atomic E-state index is 12.7. The average molecular weight is 399 g/mol. The molecule has 4 rings (SSSR count). The van der Waals surface area contributed by atoms with Crippen molar-refractivity contribution in [2.24, 2.45) is 0 Å². The number of anilines is 1. The number of nitrogens with zero attached hydrogens (tertiary/aromatic N) is 2. The lowest BCUT2D eigenvalue weighted by atomic mass is 10.2. The first-order valence-electron chi connectivity index (χ1n) is 7.79. The Kier molecular flexibility index (Phi) is 4.21. The summed E-state index contributed by atoms with van der Waals surface area (Å²) >= 11 is 5.08. The van der Waals surface area contributed by atoms with E-state index in [4.69, 9.17) is 0 Å². The summed E-state index contributed by atoms with van der Waals surface area (Å²) in [6.45, 7) is 0.750. The van der Waals surface area contributed by atoms with Gasteiger partial charge in [0.2, 0.25) is 5.91 Å². The first-order chi connectivity index (χ1) is 11.7. The third-order valence-corrected chi connectivity index (χ3v) is 5.58. The van der Waals surface area contributed by atoms with Gasteiger partial charge >= 0.3 is 0 Å². The first kappa shape index (κ1) is 15.5. The lowest BCUT2D eigenvalue weighted by Gasteiger charge is -2.16. The van der Waals surface area contributed by atoms with Crippen LogP contribution in [0.25, 0.3) is 10.6 Å². The van der Waals surface area contributed by atoms with Gasteiger partial charge in [0.1, 0.15) is 5.01 Å². The van der Waals surface area contributed by atoms with Gasteiger partial charge in [0.05, 0.1) is 12.1 Å². The number of hydrogen-bond acceptors (Lipinski definition) is 3. The summed E-state index contributed by atoms with van der Waals surface area (Å²) in [4.78, 5) is 19.2. The van der Waals surface area contributed by atoms with Crippen molar-refractivity contribution in [3.05, 3.63) is 69.6 Å². The fourth-order valence-corrected chi connectivity index (χ4v) is 4.22. The largest absolute Gasteiger partial charge is 0.311 e. The molecular weight excluding hydrogens is 384 g/mol. The molecule has 1 aliphatic rings. The summed E-state index contributed by atoms with van der Waals surface area (Å²) in [6, 6.07) is 16.2. The summed E-state index contributed by atoms with van der Waals surface area (Å²) in [6.07, 6.45) is 1.26. The zero-order valence-electron chi connectivity index (χ0n) is 12.9. The number of fused-ring (bicyclic) bond motifs is 1. The van der Waals surface area contributed by atoms with Crippen molar-refractivity contribution in [3.8, 4) is 10.6 Å². The van der Waals surface area contributed by atoms with E-state index in [1.807, 2.05) is 52.7 Å². The van der Waals surface area contributed by atoms with Crippen LogP contribution in [-0.2, 0) is 17.6 Å². The van der Waals surface area contributed by atoms with Crippen molar-refractivity contribution < 1.29 is 4.79 Å². The highest BCUT2D eigenvalue weighted by molar-refractivity contribution is 9.10. The molecule has 1 aromatic heterocycles. The Bertz CT molecular complexity index is 891. The van der Waals surface area contributed by atoms with E-state index in [0.29, 0.717) is 6.42 Å². The van der Waals surface area contributed by atoms with Crippen LogP contribution in [0, 0.1) is 0 Å². The molecule has 0 aliphatic carbocycles. The molecule has 2 aromatic carbocycles. The molecule has 0 saturated carbocycles. The van der Waals surface area contributed by atoms with E-state index in [2.05, 4.69) is 27.0 Å². The molecule has 0 radical (unpaired) electrons. The highest BCUT2D eigenvalue weighted by Crippen LogP contribution is 2.31. The number of rotatable bonds is 3. The van der Waals surface area contributed by atoms with E-state index in [-0.39, 0.29) is 5.91 Å². The molecule has 0 bridgehead atoms. The Hall–Kier alpha value is -1.98. The van der Waals surface area contributed by atoms with Crippen molar-refractivity contribution in [3.63, 3.8) is 0 Å². The van der Waals surface area contributed by atoms with E-state index < -0.39 is 0 Å². The highest BCUT2D eigenvalue weighted by Gasteiger charge is 2.25.